The third-order valence-corrected chi connectivity index (χ3v) is 4.31. The Hall–Kier alpha value is -0.220. The molecule has 1 unspecified atom stereocenters. The van der Waals surface area contributed by atoms with Crippen molar-refractivity contribution < 1.29 is 5.11 Å². The zero-order valence-electron chi connectivity index (χ0n) is 10.4. The van der Waals surface area contributed by atoms with Crippen LogP contribution in [0.4, 0.5) is 0 Å². The first-order chi connectivity index (χ1) is 8.11. The molecule has 1 atom stereocenters. The van der Waals surface area contributed by atoms with Gasteiger partial charge in [0.15, 0.2) is 0 Å². The van der Waals surface area contributed by atoms with Gasteiger partial charge in [-0.05, 0) is 25.1 Å². The van der Waals surface area contributed by atoms with Gasteiger partial charge in [0.1, 0.15) is 0 Å². The molecule has 1 aromatic carbocycles. The van der Waals surface area contributed by atoms with Crippen molar-refractivity contribution in [2.75, 3.05) is 18.9 Å². The van der Waals surface area contributed by atoms with E-state index in [9.17, 15) is 5.11 Å². The zero-order chi connectivity index (χ0) is 12.7. The third-order valence-electron chi connectivity index (χ3n) is 2.59. The summed E-state index contributed by atoms with van der Waals surface area (Å²) in [6.07, 6.45) is 0. The molecule has 0 aliphatic heterocycles. The van der Waals surface area contributed by atoms with Gasteiger partial charge in [-0.15, -0.1) is 0 Å². The number of likely N-dealkylation sites (N-methyl/N-ethyl adjacent to an activating group) is 1. The summed E-state index contributed by atoms with van der Waals surface area (Å²) in [6.45, 7) is 5.10. The zero-order valence-corrected chi connectivity index (χ0v) is 11.9. The summed E-state index contributed by atoms with van der Waals surface area (Å²) < 4.78 is 0. The largest absolute Gasteiger partial charge is 0.394 e. The van der Waals surface area contributed by atoms with Crippen LogP contribution in [0.5, 0.6) is 0 Å². The minimum Gasteiger partial charge on any atom is -0.394 e. The van der Waals surface area contributed by atoms with Crippen LogP contribution in [0.3, 0.4) is 0 Å². The fraction of sp³-hybridized carbons (Fsp3) is 0.538. The Morgan fingerprint density at radius 2 is 2.12 bits per heavy atom. The van der Waals surface area contributed by atoms with Crippen molar-refractivity contribution in [2.45, 2.75) is 25.1 Å². The number of benzene rings is 1. The highest BCUT2D eigenvalue weighted by atomic mass is 35.5. The van der Waals surface area contributed by atoms with Gasteiger partial charge >= 0.3 is 0 Å². The summed E-state index contributed by atoms with van der Waals surface area (Å²) in [4.78, 5) is 0. The van der Waals surface area contributed by atoms with Crippen LogP contribution in [0.15, 0.2) is 24.3 Å². The average Bonchev–Trinajstić information content (AvgIpc) is 2.32. The minimum absolute atomic E-state index is 0.149. The number of hydrogen-bond donors (Lipinski definition) is 2. The first kappa shape index (κ1) is 14.8. The van der Waals surface area contributed by atoms with E-state index in [-0.39, 0.29) is 12.1 Å². The summed E-state index contributed by atoms with van der Waals surface area (Å²) in [5.74, 6) is 1.74. The van der Waals surface area contributed by atoms with E-state index in [0.717, 1.165) is 28.6 Å². The molecule has 0 saturated carbocycles. The van der Waals surface area contributed by atoms with Crippen molar-refractivity contribution in [3.63, 3.8) is 0 Å². The number of halogens is 1. The number of rotatable bonds is 7. The van der Waals surface area contributed by atoms with E-state index in [1.807, 2.05) is 38.1 Å². The summed E-state index contributed by atoms with van der Waals surface area (Å²) in [5.41, 5.74) is 0.941. The summed E-state index contributed by atoms with van der Waals surface area (Å²) in [5, 5.41) is 13.5. The van der Waals surface area contributed by atoms with Crippen molar-refractivity contribution in [3.8, 4) is 0 Å². The number of nitrogens with one attached hydrogen (secondary N) is 1. The Kier molecular flexibility index (Phi) is 6.34. The van der Waals surface area contributed by atoms with Gasteiger partial charge in [0, 0.05) is 22.1 Å². The van der Waals surface area contributed by atoms with Crippen LogP contribution in [-0.2, 0) is 5.75 Å². The van der Waals surface area contributed by atoms with Crippen LogP contribution in [0.1, 0.15) is 19.4 Å². The van der Waals surface area contributed by atoms with Gasteiger partial charge in [0.05, 0.1) is 6.61 Å². The van der Waals surface area contributed by atoms with Gasteiger partial charge < -0.3 is 10.4 Å². The van der Waals surface area contributed by atoms with E-state index in [4.69, 9.17) is 11.6 Å². The fourth-order valence-electron chi connectivity index (χ4n) is 1.58. The molecule has 0 amide bonds. The monoisotopic (exact) mass is 273 g/mol. The molecule has 0 heterocycles. The summed E-state index contributed by atoms with van der Waals surface area (Å²) in [7, 11) is 0. The molecule has 0 fully saturated rings. The van der Waals surface area contributed by atoms with Gasteiger partial charge in [-0.3, -0.25) is 0 Å². The Morgan fingerprint density at radius 3 is 2.71 bits per heavy atom. The maximum absolute atomic E-state index is 9.37. The normalized spacial score (nSPS) is 14.6. The Bertz CT molecular complexity index is 348. The van der Waals surface area contributed by atoms with Crippen LogP contribution < -0.4 is 5.32 Å². The maximum Gasteiger partial charge on any atom is 0.0618 e. The Labute approximate surface area is 113 Å². The molecule has 1 aromatic rings. The molecule has 96 valence electrons. The molecule has 2 N–H and O–H groups in total. The summed E-state index contributed by atoms with van der Waals surface area (Å²) >= 11 is 7.88. The topological polar surface area (TPSA) is 32.3 Å². The maximum atomic E-state index is 9.37. The van der Waals surface area contributed by atoms with Gasteiger partial charge in [-0.2, -0.15) is 11.8 Å². The molecule has 0 spiro atoms. The second-order valence-corrected chi connectivity index (χ2v) is 5.73. The predicted octanol–water partition coefficient (Wildman–Crippen LogP) is 2.93. The van der Waals surface area contributed by atoms with Crippen LogP contribution in [0, 0.1) is 0 Å². The third kappa shape index (κ3) is 4.88. The SMILES string of the molecule is CCNC(C)(CO)CSCc1ccccc1Cl. The Balaban J connectivity index is 2.44. The lowest BCUT2D eigenvalue weighted by Crippen LogP contribution is -2.47. The highest BCUT2D eigenvalue weighted by molar-refractivity contribution is 7.98. The lowest BCUT2D eigenvalue weighted by Gasteiger charge is -2.27. The molecule has 17 heavy (non-hydrogen) atoms. The van der Waals surface area contributed by atoms with E-state index in [1.165, 1.54) is 0 Å². The van der Waals surface area contributed by atoms with E-state index in [0.29, 0.717) is 0 Å². The molecule has 0 saturated heterocycles. The van der Waals surface area contributed by atoms with Crippen LogP contribution in [0.2, 0.25) is 5.02 Å². The van der Waals surface area contributed by atoms with Gasteiger partial charge in [0.2, 0.25) is 0 Å². The average molecular weight is 274 g/mol. The van der Waals surface area contributed by atoms with Crippen LogP contribution in [-0.4, -0.2) is 29.5 Å². The standard InChI is InChI=1S/C13H20ClNOS/c1-3-15-13(2,9-16)10-17-8-11-6-4-5-7-12(11)14/h4-7,15-16H,3,8-10H2,1-2H3. The molecule has 0 aliphatic rings. The quantitative estimate of drug-likeness (QED) is 0.801. The molecular weight excluding hydrogens is 254 g/mol. The molecular formula is C13H20ClNOS. The highest BCUT2D eigenvalue weighted by Crippen LogP contribution is 2.23. The smallest absolute Gasteiger partial charge is 0.0618 e. The second kappa shape index (κ2) is 7.27. The van der Waals surface area contributed by atoms with E-state index in [1.54, 1.807) is 11.8 Å². The van der Waals surface area contributed by atoms with Crippen LogP contribution >= 0.6 is 23.4 Å². The Morgan fingerprint density at radius 1 is 1.41 bits per heavy atom. The first-order valence-electron chi connectivity index (χ1n) is 5.78. The fourth-order valence-corrected chi connectivity index (χ4v) is 3.08. The molecule has 1 rings (SSSR count). The molecule has 2 nitrogen and oxygen atoms in total. The number of aliphatic hydroxyl groups is 1. The van der Waals surface area contributed by atoms with Gasteiger partial charge in [-0.1, -0.05) is 36.7 Å². The van der Waals surface area contributed by atoms with Crippen molar-refractivity contribution in [1.29, 1.82) is 0 Å². The van der Waals surface area contributed by atoms with E-state index >= 15 is 0 Å². The molecule has 0 bridgehead atoms. The lowest BCUT2D eigenvalue weighted by molar-refractivity contribution is 0.194. The lowest BCUT2D eigenvalue weighted by atomic mass is 10.1. The van der Waals surface area contributed by atoms with Crippen molar-refractivity contribution in [1.82, 2.24) is 5.32 Å². The highest BCUT2D eigenvalue weighted by Gasteiger charge is 2.21. The number of thioether (sulfide) groups is 1. The minimum atomic E-state index is -0.208. The first-order valence-corrected chi connectivity index (χ1v) is 7.31. The molecule has 0 radical (unpaired) electrons. The molecule has 4 heteroatoms. The van der Waals surface area contributed by atoms with E-state index in [2.05, 4.69) is 5.32 Å². The van der Waals surface area contributed by atoms with Crippen LogP contribution in [0.25, 0.3) is 0 Å². The predicted molar refractivity (Wildman–Crippen MR) is 76.8 cm³/mol. The van der Waals surface area contributed by atoms with Crippen molar-refractivity contribution in [3.05, 3.63) is 34.9 Å². The van der Waals surface area contributed by atoms with Gasteiger partial charge in [-0.25, -0.2) is 0 Å². The number of aliphatic hydroxyl groups excluding tert-OH is 1. The van der Waals surface area contributed by atoms with Crippen molar-refractivity contribution >= 4 is 23.4 Å². The number of hydrogen-bond acceptors (Lipinski definition) is 3. The summed E-state index contributed by atoms with van der Waals surface area (Å²) in [6, 6.07) is 7.89. The van der Waals surface area contributed by atoms with E-state index < -0.39 is 0 Å². The molecule has 0 aliphatic carbocycles. The molecule has 0 aromatic heterocycles. The second-order valence-electron chi connectivity index (χ2n) is 4.33. The van der Waals surface area contributed by atoms with Crippen molar-refractivity contribution in [2.24, 2.45) is 0 Å². The van der Waals surface area contributed by atoms with Gasteiger partial charge in [0.25, 0.3) is 0 Å².